The number of nitrogens with zero attached hydrogens (tertiary/aromatic N) is 2. The Bertz CT molecular complexity index is 1210. The first-order chi connectivity index (χ1) is 17.4. The smallest absolute Gasteiger partial charge is 0.270 e. The van der Waals surface area contributed by atoms with Crippen LogP contribution >= 0.6 is 0 Å². The van der Waals surface area contributed by atoms with Gasteiger partial charge in [0, 0.05) is 11.9 Å². The van der Waals surface area contributed by atoms with E-state index in [1.165, 1.54) is 0 Å². The number of benzene rings is 2. The van der Waals surface area contributed by atoms with Crippen molar-refractivity contribution >= 4 is 28.5 Å². The van der Waals surface area contributed by atoms with Gasteiger partial charge in [-0.15, -0.1) is 0 Å². The van der Waals surface area contributed by atoms with Gasteiger partial charge < -0.3 is 10.6 Å². The Balaban J connectivity index is 1.40. The van der Waals surface area contributed by atoms with Crippen LogP contribution in [-0.2, 0) is 16.1 Å². The summed E-state index contributed by atoms with van der Waals surface area (Å²) >= 11 is 0. The molecule has 1 saturated heterocycles. The lowest BCUT2D eigenvalue weighted by atomic mass is 10.0. The number of Topliss-reactive ketones (excluding diaryl/α,β-unsaturated/α-hetero) is 1. The van der Waals surface area contributed by atoms with Gasteiger partial charge in [-0.05, 0) is 49.4 Å². The summed E-state index contributed by atoms with van der Waals surface area (Å²) in [6, 6.07) is 19.9. The maximum atomic E-state index is 13.2. The highest BCUT2D eigenvalue weighted by Gasteiger charge is 2.30. The molecule has 4 rings (SSSR count). The second-order valence-corrected chi connectivity index (χ2v) is 9.91. The van der Waals surface area contributed by atoms with E-state index in [1.54, 1.807) is 6.07 Å². The standard InChI is InChI=1S/C29H34N4O3/c1-20(2)17-26(32-28(35)25-15-14-22-11-6-7-12-23(22)30-25)29(36)31-24-13-8-16-33(19-27(24)34)18-21-9-4-3-5-10-21/h3-7,9-12,14-15,20,24,26H,8,13,16-19H2,1-2H3,(H,31,36)(H,32,35). The van der Waals surface area contributed by atoms with Crippen LogP contribution in [0.25, 0.3) is 10.9 Å². The second-order valence-electron chi connectivity index (χ2n) is 9.91. The van der Waals surface area contributed by atoms with Crippen molar-refractivity contribution in [3.05, 3.63) is 78.0 Å². The zero-order valence-corrected chi connectivity index (χ0v) is 20.9. The average Bonchev–Trinajstić information content (AvgIpc) is 3.04. The summed E-state index contributed by atoms with van der Waals surface area (Å²) < 4.78 is 0. The highest BCUT2D eigenvalue weighted by molar-refractivity contribution is 5.99. The van der Waals surface area contributed by atoms with Crippen molar-refractivity contribution in [2.45, 2.75) is 51.7 Å². The van der Waals surface area contributed by atoms with Crippen molar-refractivity contribution in [1.82, 2.24) is 20.5 Å². The molecule has 36 heavy (non-hydrogen) atoms. The van der Waals surface area contributed by atoms with Gasteiger partial charge in [0.15, 0.2) is 5.78 Å². The molecule has 2 N–H and O–H groups in total. The van der Waals surface area contributed by atoms with Gasteiger partial charge in [-0.2, -0.15) is 0 Å². The lowest BCUT2D eigenvalue weighted by Gasteiger charge is -2.23. The van der Waals surface area contributed by atoms with Crippen LogP contribution in [0.5, 0.6) is 0 Å². The van der Waals surface area contributed by atoms with Crippen LogP contribution in [0.2, 0.25) is 0 Å². The number of amides is 2. The van der Waals surface area contributed by atoms with Gasteiger partial charge in [-0.25, -0.2) is 4.98 Å². The lowest BCUT2D eigenvalue weighted by Crippen LogP contribution is -2.52. The maximum Gasteiger partial charge on any atom is 0.270 e. The Morgan fingerprint density at radius 1 is 1.03 bits per heavy atom. The monoisotopic (exact) mass is 486 g/mol. The molecule has 2 amide bonds. The number of ketones is 1. The molecule has 7 heteroatoms. The fraction of sp³-hybridized carbons (Fsp3) is 0.379. The minimum atomic E-state index is -0.748. The Morgan fingerprint density at radius 2 is 1.78 bits per heavy atom. The van der Waals surface area contributed by atoms with Gasteiger partial charge in [0.2, 0.25) is 5.91 Å². The van der Waals surface area contributed by atoms with E-state index in [9.17, 15) is 14.4 Å². The quantitative estimate of drug-likeness (QED) is 0.506. The summed E-state index contributed by atoms with van der Waals surface area (Å²) in [6.07, 6.45) is 1.86. The summed E-state index contributed by atoms with van der Waals surface area (Å²) in [4.78, 5) is 45.8. The first-order valence-corrected chi connectivity index (χ1v) is 12.6. The van der Waals surface area contributed by atoms with Crippen molar-refractivity contribution in [3.8, 4) is 0 Å². The lowest BCUT2D eigenvalue weighted by molar-refractivity contribution is -0.129. The van der Waals surface area contributed by atoms with E-state index < -0.39 is 18.0 Å². The van der Waals surface area contributed by atoms with E-state index in [0.29, 0.717) is 25.9 Å². The first kappa shape index (κ1) is 25.5. The summed E-state index contributed by atoms with van der Waals surface area (Å²) in [5, 5.41) is 6.73. The molecule has 3 aromatic rings. The fourth-order valence-corrected chi connectivity index (χ4v) is 4.62. The predicted molar refractivity (Wildman–Crippen MR) is 140 cm³/mol. The van der Waals surface area contributed by atoms with Crippen molar-refractivity contribution in [2.24, 2.45) is 5.92 Å². The number of likely N-dealkylation sites (tertiary alicyclic amines) is 1. The topological polar surface area (TPSA) is 91.4 Å². The van der Waals surface area contributed by atoms with Gasteiger partial charge >= 0.3 is 0 Å². The zero-order chi connectivity index (χ0) is 25.5. The van der Waals surface area contributed by atoms with Crippen molar-refractivity contribution in [1.29, 1.82) is 0 Å². The van der Waals surface area contributed by atoms with Gasteiger partial charge in [0.05, 0.1) is 18.1 Å². The third kappa shape index (κ3) is 6.76. The molecule has 0 saturated carbocycles. The maximum absolute atomic E-state index is 13.2. The minimum absolute atomic E-state index is 0.00241. The number of rotatable bonds is 8. The van der Waals surface area contributed by atoms with Crippen LogP contribution < -0.4 is 10.6 Å². The van der Waals surface area contributed by atoms with Crippen LogP contribution in [0.3, 0.4) is 0 Å². The van der Waals surface area contributed by atoms with E-state index in [2.05, 4.69) is 32.7 Å². The molecule has 1 aliphatic heterocycles. The van der Waals surface area contributed by atoms with Gasteiger partial charge in [-0.3, -0.25) is 19.3 Å². The van der Waals surface area contributed by atoms with E-state index in [1.807, 2.05) is 62.4 Å². The highest BCUT2D eigenvalue weighted by Crippen LogP contribution is 2.15. The molecule has 0 radical (unpaired) electrons. The van der Waals surface area contributed by atoms with Crippen molar-refractivity contribution in [3.63, 3.8) is 0 Å². The van der Waals surface area contributed by atoms with Crippen LogP contribution in [0, 0.1) is 5.92 Å². The number of hydrogen-bond acceptors (Lipinski definition) is 5. The molecular formula is C29H34N4O3. The Kier molecular flexibility index (Phi) is 8.44. The molecule has 0 spiro atoms. The predicted octanol–water partition coefficient (Wildman–Crippen LogP) is 3.73. The van der Waals surface area contributed by atoms with Crippen LogP contribution in [0.1, 0.15) is 49.2 Å². The Labute approximate surface area is 212 Å². The minimum Gasteiger partial charge on any atom is -0.344 e. The van der Waals surface area contributed by atoms with Gasteiger partial charge in [0.25, 0.3) is 5.91 Å². The molecule has 2 unspecified atom stereocenters. The molecule has 1 aliphatic rings. The number of carbonyl (C=O) groups excluding carboxylic acids is 3. The Hall–Kier alpha value is -3.58. The van der Waals surface area contributed by atoms with E-state index >= 15 is 0 Å². The van der Waals surface area contributed by atoms with Crippen molar-refractivity contribution < 1.29 is 14.4 Å². The summed E-state index contributed by atoms with van der Waals surface area (Å²) in [5.74, 6) is -0.546. The number of hydrogen-bond donors (Lipinski definition) is 2. The third-order valence-electron chi connectivity index (χ3n) is 6.46. The summed E-state index contributed by atoms with van der Waals surface area (Å²) in [7, 11) is 0. The molecule has 2 heterocycles. The normalized spacial score (nSPS) is 17.5. The van der Waals surface area contributed by atoms with Gasteiger partial charge in [-0.1, -0.05) is 68.4 Å². The van der Waals surface area contributed by atoms with E-state index in [4.69, 9.17) is 0 Å². The van der Waals surface area contributed by atoms with Crippen LogP contribution in [0.15, 0.2) is 66.7 Å². The number of carbonyl (C=O) groups is 3. The van der Waals surface area contributed by atoms with Gasteiger partial charge in [0.1, 0.15) is 11.7 Å². The Morgan fingerprint density at radius 3 is 2.56 bits per heavy atom. The molecule has 0 bridgehead atoms. The third-order valence-corrected chi connectivity index (χ3v) is 6.46. The molecule has 0 aliphatic carbocycles. The zero-order valence-electron chi connectivity index (χ0n) is 20.9. The highest BCUT2D eigenvalue weighted by atomic mass is 16.2. The van der Waals surface area contributed by atoms with Crippen LogP contribution in [-0.4, -0.2) is 52.7 Å². The molecular weight excluding hydrogens is 452 g/mol. The van der Waals surface area contributed by atoms with E-state index in [-0.39, 0.29) is 23.3 Å². The number of nitrogens with one attached hydrogen (secondary N) is 2. The number of para-hydroxylation sites is 1. The molecule has 2 atom stereocenters. The van der Waals surface area contributed by atoms with Crippen LogP contribution in [0.4, 0.5) is 0 Å². The number of pyridine rings is 1. The summed E-state index contributed by atoms with van der Waals surface area (Å²) in [5.41, 5.74) is 2.14. The number of aromatic nitrogens is 1. The number of fused-ring (bicyclic) bond motifs is 1. The fourth-order valence-electron chi connectivity index (χ4n) is 4.62. The molecule has 1 aromatic heterocycles. The largest absolute Gasteiger partial charge is 0.344 e. The van der Waals surface area contributed by atoms with E-state index in [0.717, 1.165) is 29.4 Å². The van der Waals surface area contributed by atoms with Crippen molar-refractivity contribution in [2.75, 3.05) is 13.1 Å². The molecule has 188 valence electrons. The molecule has 1 fully saturated rings. The molecule has 7 nitrogen and oxygen atoms in total. The second kappa shape index (κ2) is 11.9. The summed E-state index contributed by atoms with van der Waals surface area (Å²) in [6.45, 7) is 5.80. The molecule has 2 aromatic carbocycles. The first-order valence-electron chi connectivity index (χ1n) is 12.6. The SMILES string of the molecule is CC(C)CC(NC(=O)c1ccc2ccccc2n1)C(=O)NC1CCCN(Cc2ccccc2)CC1=O. The average molecular weight is 487 g/mol.